The average molecular weight is 306 g/mol. The van der Waals surface area contributed by atoms with E-state index in [0.29, 0.717) is 0 Å². The van der Waals surface area contributed by atoms with E-state index in [4.69, 9.17) is 5.11 Å². The smallest absolute Gasteiger partial charge is 0.422 e. The molecule has 1 amide bonds. The minimum absolute atomic E-state index is 0.0977. The minimum atomic E-state index is -4.49. The number of carboxylic acid groups (broad SMARTS) is 1. The number of carboxylic acids is 1. The van der Waals surface area contributed by atoms with Gasteiger partial charge in [-0.25, -0.2) is 4.98 Å². The average Bonchev–Trinajstić information content (AvgIpc) is 2.40. The van der Waals surface area contributed by atoms with Crippen LogP contribution in [0.1, 0.15) is 18.4 Å². The second-order valence-corrected chi connectivity index (χ2v) is 4.04. The first-order chi connectivity index (χ1) is 9.78. The Morgan fingerprint density at radius 3 is 2.67 bits per heavy atom. The molecule has 0 radical (unpaired) electrons. The lowest BCUT2D eigenvalue weighted by Crippen LogP contribution is -2.24. The molecule has 1 heterocycles. The van der Waals surface area contributed by atoms with Gasteiger partial charge in [-0.05, 0) is 6.07 Å². The Hall–Kier alpha value is -2.32. The second kappa shape index (κ2) is 7.46. The number of halogens is 3. The molecule has 0 atom stereocenters. The molecule has 21 heavy (non-hydrogen) atoms. The molecule has 1 rings (SSSR count). The van der Waals surface area contributed by atoms with E-state index in [2.05, 4.69) is 15.0 Å². The van der Waals surface area contributed by atoms with Gasteiger partial charge in [0, 0.05) is 24.7 Å². The van der Waals surface area contributed by atoms with Crippen molar-refractivity contribution in [1.82, 2.24) is 10.3 Å². The maximum atomic E-state index is 12.1. The molecule has 9 heteroatoms. The number of carbonyl (C=O) groups excluding carboxylic acids is 1. The van der Waals surface area contributed by atoms with Gasteiger partial charge in [0.05, 0.1) is 6.42 Å². The molecule has 0 saturated carbocycles. The number of aliphatic carboxylic acids is 1. The highest BCUT2D eigenvalue weighted by Crippen LogP contribution is 2.19. The van der Waals surface area contributed by atoms with Crippen LogP contribution in [-0.2, 0) is 16.1 Å². The van der Waals surface area contributed by atoms with Crippen molar-refractivity contribution < 1.29 is 32.6 Å². The maximum Gasteiger partial charge on any atom is 0.422 e. The van der Waals surface area contributed by atoms with E-state index in [1.54, 1.807) is 0 Å². The molecule has 0 aliphatic carbocycles. The predicted octanol–water partition coefficient (Wildman–Crippen LogP) is 1.50. The Labute approximate surface area is 117 Å². The summed E-state index contributed by atoms with van der Waals surface area (Å²) in [6.07, 6.45) is -3.76. The maximum absolute atomic E-state index is 12.1. The van der Waals surface area contributed by atoms with Crippen LogP contribution < -0.4 is 10.1 Å². The Balaban J connectivity index is 2.54. The third-order valence-electron chi connectivity index (χ3n) is 2.26. The molecule has 116 valence electrons. The Morgan fingerprint density at radius 2 is 2.05 bits per heavy atom. The number of amides is 1. The van der Waals surface area contributed by atoms with Crippen molar-refractivity contribution in [2.45, 2.75) is 25.6 Å². The number of hydrogen-bond acceptors (Lipinski definition) is 4. The topological polar surface area (TPSA) is 88.5 Å². The number of ether oxygens (including phenoxy) is 1. The first kappa shape index (κ1) is 16.7. The molecule has 0 fully saturated rings. The van der Waals surface area contributed by atoms with Gasteiger partial charge in [0.2, 0.25) is 11.8 Å². The van der Waals surface area contributed by atoms with Crippen molar-refractivity contribution >= 4 is 11.9 Å². The first-order valence-corrected chi connectivity index (χ1v) is 5.90. The molecule has 0 bridgehead atoms. The quantitative estimate of drug-likeness (QED) is 0.797. The number of aromatic nitrogens is 1. The number of carbonyl (C=O) groups is 2. The highest BCUT2D eigenvalue weighted by Gasteiger charge is 2.29. The van der Waals surface area contributed by atoms with E-state index in [-0.39, 0.29) is 30.8 Å². The van der Waals surface area contributed by atoms with Crippen LogP contribution in [0.25, 0.3) is 0 Å². The monoisotopic (exact) mass is 306 g/mol. The van der Waals surface area contributed by atoms with Crippen molar-refractivity contribution in [3.8, 4) is 5.88 Å². The van der Waals surface area contributed by atoms with Crippen molar-refractivity contribution in [2.24, 2.45) is 0 Å². The van der Waals surface area contributed by atoms with Crippen LogP contribution in [0.4, 0.5) is 13.2 Å². The highest BCUT2D eigenvalue weighted by atomic mass is 19.4. The Kier molecular flexibility index (Phi) is 5.94. The lowest BCUT2D eigenvalue weighted by molar-refractivity contribution is -0.154. The molecule has 1 aromatic heterocycles. The number of alkyl halides is 3. The number of nitrogens with one attached hydrogen (secondary N) is 1. The summed E-state index contributed by atoms with van der Waals surface area (Å²) in [5, 5.41) is 10.8. The lowest BCUT2D eigenvalue weighted by Gasteiger charge is -2.12. The van der Waals surface area contributed by atoms with Crippen LogP contribution >= 0.6 is 0 Å². The van der Waals surface area contributed by atoms with Gasteiger partial charge in [0.25, 0.3) is 0 Å². The molecule has 0 spiro atoms. The lowest BCUT2D eigenvalue weighted by atomic mass is 10.2. The summed E-state index contributed by atoms with van der Waals surface area (Å²) in [5.41, 5.74) is 0.269. The fraction of sp³-hybridized carbons (Fsp3) is 0.417. The normalized spacial score (nSPS) is 11.0. The van der Waals surface area contributed by atoms with Gasteiger partial charge in [0.1, 0.15) is 0 Å². The zero-order chi connectivity index (χ0) is 15.9. The molecule has 0 aromatic carbocycles. The zero-order valence-corrected chi connectivity index (χ0v) is 10.8. The number of pyridine rings is 1. The van der Waals surface area contributed by atoms with Crippen molar-refractivity contribution in [3.05, 3.63) is 23.9 Å². The van der Waals surface area contributed by atoms with E-state index in [1.807, 2.05) is 0 Å². The second-order valence-electron chi connectivity index (χ2n) is 4.04. The standard InChI is InChI=1S/C12H13F3N2O4/c13-12(14,15)7-21-11-8(2-1-5-16-11)6-17-9(18)3-4-10(19)20/h1-2,5H,3-4,6-7H2,(H,17,18)(H,19,20). The van der Waals surface area contributed by atoms with Crippen molar-refractivity contribution in [2.75, 3.05) is 6.61 Å². The Morgan fingerprint density at radius 1 is 1.33 bits per heavy atom. The van der Waals surface area contributed by atoms with E-state index in [0.717, 1.165) is 0 Å². The van der Waals surface area contributed by atoms with Crippen LogP contribution in [0.5, 0.6) is 5.88 Å². The highest BCUT2D eigenvalue weighted by molar-refractivity contribution is 5.80. The summed E-state index contributed by atoms with van der Waals surface area (Å²) in [5.74, 6) is -1.86. The molecule has 0 aliphatic heterocycles. The molecule has 2 N–H and O–H groups in total. The SMILES string of the molecule is O=C(O)CCC(=O)NCc1cccnc1OCC(F)(F)F. The molecular weight excluding hydrogens is 293 g/mol. The fourth-order valence-corrected chi connectivity index (χ4v) is 1.34. The number of nitrogens with zero attached hydrogens (tertiary/aromatic N) is 1. The number of hydrogen-bond donors (Lipinski definition) is 2. The molecule has 6 nitrogen and oxygen atoms in total. The summed E-state index contributed by atoms with van der Waals surface area (Å²) in [6.45, 7) is -1.58. The minimum Gasteiger partial charge on any atom is -0.481 e. The van der Waals surface area contributed by atoms with Crippen molar-refractivity contribution in [3.63, 3.8) is 0 Å². The van der Waals surface area contributed by atoms with Gasteiger partial charge in [-0.15, -0.1) is 0 Å². The van der Waals surface area contributed by atoms with Crippen LogP contribution in [0, 0.1) is 0 Å². The fourth-order valence-electron chi connectivity index (χ4n) is 1.34. The van der Waals surface area contributed by atoms with Crippen LogP contribution in [0.15, 0.2) is 18.3 Å². The van der Waals surface area contributed by atoms with E-state index in [1.165, 1.54) is 18.3 Å². The van der Waals surface area contributed by atoms with E-state index >= 15 is 0 Å². The van der Waals surface area contributed by atoms with E-state index < -0.39 is 24.7 Å². The molecule has 1 aromatic rings. The molecule has 0 saturated heterocycles. The predicted molar refractivity (Wildman–Crippen MR) is 64.5 cm³/mol. The Bertz CT molecular complexity index is 506. The first-order valence-electron chi connectivity index (χ1n) is 5.90. The number of rotatable bonds is 7. The van der Waals surface area contributed by atoms with Gasteiger partial charge in [0.15, 0.2) is 6.61 Å². The van der Waals surface area contributed by atoms with E-state index in [9.17, 15) is 22.8 Å². The largest absolute Gasteiger partial charge is 0.481 e. The van der Waals surface area contributed by atoms with Gasteiger partial charge in [-0.3, -0.25) is 9.59 Å². The van der Waals surface area contributed by atoms with Crippen LogP contribution in [0.2, 0.25) is 0 Å². The van der Waals surface area contributed by atoms with Gasteiger partial charge < -0.3 is 15.2 Å². The third-order valence-corrected chi connectivity index (χ3v) is 2.26. The van der Waals surface area contributed by atoms with Crippen LogP contribution in [0.3, 0.4) is 0 Å². The van der Waals surface area contributed by atoms with Crippen molar-refractivity contribution in [1.29, 1.82) is 0 Å². The van der Waals surface area contributed by atoms with Crippen LogP contribution in [-0.4, -0.2) is 34.8 Å². The summed E-state index contributed by atoms with van der Waals surface area (Å²) in [6, 6.07) is 2.94. The zero-order valence-electron chi connectivity index (χ0n) is 10.8. The van der Waals surface area contributed by atoms with Gasteiger partial charge in [-0.2, -0.15) is 13.2 Å². The third kappa shape index (κ3) is 7.14. The summed E-state index contributed by atoms with van der Waals surface area (Å²) in [7, 11) is 0. The summed E-state index contributed by atoms with van der Waals surface area (Å²) >= 11 is 0. The summed E-state index contributed by atoms with van der Waals surface area (Å²) in [4.78, 5) is 25.3. The van der Waals surface area contributed by atoms with Gasteiger partial charge >= 0.3 is 12.1 Å². The summed E-state index contributed by atoms with van der Waals surface area (Å²) < 4.78 is 40.8. The molecule has 0 unspecified atom stereocenters. The molecular formula is C12H13F3N2O4. The molecule has 0 aliphatic rings. The van der Waals surface area contributed by atoms with Gasteiger partial charge in [-0.1, -0.05) is 6.07 Å².